The number of benzene rings is 1. The molecular formula is C14H23FN2. The van der Waals surface area contributed by atoms with Crippen molar-refractivity contribution in [2.45, 2.75) is 39.3 Å². The standard InChI is InChI=1S/C14H23FN2/c1-4-11(3)17(5-2)14(10-16)12-6-8-13(15)9-7-12/h6-9,11,14H,4-5,10,16H2,1-3H3. The highest BCUT2D eigenvalue weighted by Crippen LogP contribution is 2.23. The van der Waals surface area contributed by atoms with Crippen LogP contribution in [0.2, 0.25) is 0 Å². The first-order chi connectivity index (χ1) is 8.13. The number of likely N-dealkylation sites (N-methyl/N-ethyl adjacent to an activating group) is 1. The van der Waals surface area contributed by atoms with Crippen molar-refractivity contribution in [1.82, 2.24) is 4.90 Å². The lowest BCUT2D eigenvalue weighted by atomic mass is 10.0. The Kier molecular flexibility index (Phi) is 5.59. The number of rotatable bonds is 6. The van der Waals surface area contributed by atoms with Crippen molar-refractivity contribution in [2.75, 3.05) is 13.1 Å². The zero-order chi connectivity index (χ0) is 12.8. The summed E-state index contributed by atoms with van der Waals surface area (Å²) in [5, 5.41) is 0. The van der Waals surface area contributed by atoms with Gasteiger partial charge in [0, 0.05) is 18.6 Å². The Labute approximate surface area is 104 Å². The Bertz CT molecular complexity index is 323. The van der Waals surface area contributed by atoms with Crippen molar-refractivity contribution in [3.05, 3.63) is 35.6 Å². The Morgan fingerprint density at radius 1 is 1.24 bits per heavy atom. The van der Waals surface area contributed by atoms with E-state index in [1.54, 1.807) is 0 Å². The lowest BCUT2D eigenvalue weighted by Crippen LogP contribution is -2.39. The summed E-state index contributed by atoms with van der Waals surface area (Å²) < 4.78 is 12.9. The van der Waals surface area contributed by atoms with Crippen molar-refractivity contribution in [1.29, 1.82) is 0 Å². The molecule has 17 heavy (non-hydrogen) atoms. The van der Waals surface area contributed by atoms with Crippen LogP contribution in [0.1, 0.15) is 38.8 Å². The third kappa shape index (κ3) is 3.51. The van der Waals surface area contributed by atoms with Crippen molar-refractivity contribution < 1.29 is 4.39 Å². The summed E-state index contributed by atoms with van der Waals surface area (Å²) in [5.74, 6) is -0.198. The number of hydrogen-bond acceptors (Lipinski definition) is 2. The van der Waals surface area contributed by atoms with Crippen LogP contribution in [0.3, 0.4) is 0 Å². The molecule has 0 saturated heterocycles. The van der Waals surface area contributed by atoms with Crippen LogP contribution < -0.4 is 5.73 Å². The maximum absolute atomic E-state index is 12.9. The first kappa shape index (κ1) is 14.1. The molecule has 2 unspecified atom stereocenters. The first-order valence-electron chi connectivity index (χ1n) is 6.35. The largest absolute Gasteiger partial charge is 0.329 e. The van der Waals surface area contributed by atoms with Crippen LogP contribution in [-0.4, -0.2) is 24.0 Å². The maximum atomic E-state index is 12.9. The van der Waals surface area contributed by atoms with Gasteiger partial charge in [0.1, 0.15) is 5.82 Å². The van der Waals surface area contributed by atoms with E-state index in [2.05, 4.69) is 25.7 Å². The Balaban J connectivity index is 2.92. The molecule has 0 amide bonds. The molecule has 0 aliphatic rings. The van der Waals surface area contributed by atoms with Crippen LogP contribution in [0, 0.1) is 5.82 Å². The predicted molar refractivity (Wildman–Crippen MR) is 70.3 cm³/mol. The molecule has 0 saturated carbocycles. The van der Waals surface area contributed by atoms with Gasteiger partial charge in [-0.3, -0.25) is 4.90 Å². The smallest absolute Gasteiger partial charge is 0.123 e. The predicted octanol–water partition coefficient (Wildman–Crippen LogP) is 2.95. The molecule has 1 rings (SSSR count). The third-order valence-corrected chi connectivity index (χ3v) is 3.40. The normalized spacial score (nSPS) is 14.9. The summed E-state index contributed by atoms with van der Waals surface area (Å²) in [7, 11) is 0. The van der Waals surface area contributed by atoms with Gasteiger partial charge in [0.2, 0.25) is 0 Å². The van der Waals surface area contributed by atoms with Crippen LogP contribution in [0.4, 0.5) is 4.39 Å². The highest BCUT2D eigenvalue weighted by Gasteiger charge is 2.21. The first-order valence-corrected chi connectivity index (χ1v) is 6.35. The molecule has 3 heteroatoms. The number of halogens is 1. The molecule has 2 atom stereocenters. The van der Waals surface area contributed by atoms with Gasteiger partial charge < -0.3 is 5.73 Å². The van der Waals surface area contributed by atoms with Crippen LogP contribution in [0.5, 0.6) is 0 Å². The Hall–Kier alpha value is -0.930. The van der Waals surface area contributed by atoms with Gasteiger partial charge in [-0.05, 0) is 37.6 Å². The third-order valence-electron chi connectivity index (χ3n) is 3.40. The second-order valence-electron chi connectivity index (χ2n) is 4.39. The molecular weight excluding hydrogens is 215 g/mol. The Morgan fingerprint density at radius 2 is 1.82 bits per heavy atom. The van der Waals surface area contributed by atoms with Gasteiger partial charge in [-0.25, -0.2) is 4.39 Å². The van der Waals surface area contributed by atoms with E-state index < -0.39 is 0 Å². The van der Waals surface area contributed by atoms with E-state index in [-0.39, 0.29) is 11.9 Å². The van der Waals surface area contributed by atoms with Crippen molar-refractivity contribution in [3.63, 3.8) is 0 Å². The SMILES string of the molecule is CCC(C)N(CC)C(CN)c1ccc(F)cc1. The van der Waals surface area contributed by atoms with E-state index in [1.165, 1.54) is 12.1 Å². The number of hydrogen-bond donors (Lipinski definition) is 1. The molecule has 96 valence electrons. The average molecular weight is 238 g/mol. The fourth-order valence-corrected chi connectivity index (χ4v) is 2.22. The number of nitrogens with two attached hydrogens (primary N) is 1. The van der Waals surface area contributed by atoms with Crippen molar-refractivity contribution in [3.8, 4) is 0 Å². The molecule has 0 heterocycles. The summed E-state index contributed by atoms with van der Waals surface area (Å²) in [6.45, 7) is 8.03. The monoisotopic (exact) mass is 238 g/mol. The molecule has 2 N–H and O–H groups in total. The summed E-state index contributed by atoms with van der Waals surface area (Å²) in [5.41, 5.74) is 6.97. The van der Waals surface area contributed by atoms with E-state index in [0.29, 0.717) is 12.6 Å². The highest BCUT2D eigenvalue weighted by atomic mass is 19.1. The molecule has 1 aromatic rings. The number of nitrogens with zero attached hydrogens (tertiary/aromatic N) is 1. The molecule has 0 fully saturated rings. The Morgan fingerprint density at radius 3 is 2.24 bits per heavy atom. The van der Waals surface area contributed by atoms with Gasteiger partial charge in [-0.2, -0.15) is 0 Å². The molecule has 2 nitrogen and oxygen atoms in total. The lowest BCUT2D eigenvalue weighted by Gasteiger charge is -2.35. The van der Waals surface area contributed by atoms with Gasteiger partial charge in [-0.15, -0.1) is 0 Å². The van der Waals surface area contributed by atoms with E-state index in [4.69, 9.17) is 5.73 Å². The fraction of sp³-hybridized carbons (Fsp3) is 0.571. The second-order valence-corrected chi connectivity index (χ2v) is 4.39. The van der Waals surface area contributed by atoms with Gasteiger partial charge in [0.05, 0.1) is 0 Å². The quantitative estimate of drug-likeness (QED) is 0.825. The van der Waals surface area contributed by atoms with Crippen LogP contribution in [0.15, 0.2) is 24.3 Å². The summed E-state index contributed by atoms with van der Waals surface area (Å²) >= 11 is 0. The van der Waals surface area contributed by atoms with Gasteiger partial charge in [-0.1, -0.05) is 26.0 Å². The van der Waals surface area contributed by atoms with Gasteiger partial charge in [0.15, 0.2) is 0 Å². The molecule has 1 aromatic carbocycles. The van der Waals surface area contributed by atoms with Crippen molar-refractivity contribution >= 4 is 0 Å². The van der Waals surface area contributed by atoms with Gasteiger partial charge in [0.25, 0.3) is 0 Å². The molecule has 0 aromatic heterocycles. The summed E-state index contributed by atoms with van der Waals surface area (Å²) in [6.07, 6.45) is 1.09. The highest BCUT2D eigenvalue weighted by molar-refractivity contribution is 5.20. The minimum absolute atomic E-state index is 0.176. The van der Waals surface area contributed by atoms with Crippen LogP contribution in [-0.2, 0) is 0 Å². The van der Waals surface area contributed by atoms with Crippen LogP contribution >= 0.6 is 0 Å². The van der Waals surface area contributed by atoms with Crippen molar-refractivity contribution in [2.24, 2.45) is 5.73 Å². The minimum Gasteiger partial charge on any atom is -0.329 e. The molecule has 0 aliphatic heterocycles. The summed E-state index contributed by atoms with van der Waals surface area (Å²) in [4.78, 5) is 2.37. The minimum atomic E-state index is -0.198. The van der Waals surface area contributed by atoms with E-state index in [1.807, 2.05) is 12.1 Å². The second kappa shape index (κ2) is 6.72. The van der Waals surface area contributed by atoms with Crippen LogP contribution in [0.25, 0.3) is 0 Å². The lowest BCUT2D eigenvalue weighted by molar-refractivity contribution is 0.152. The summed E-state index contributed by atoms with van der Waals surface area (Å²) in [6, 6.07) is 7.33. The molecule has 0 aliphatic carbocycles. The molecule has 0 spiro atoms. The fourth-order valence-electron chi connectivity index (χ4n) is 2.22. The zero-order valence-electron chi connectivity index (χ0n) is 11.0. The average Bonchev–Trinajstić information content (AvgIpc) is 2.36. The maximum Gasteiger partial charge on any atom is 0.123 e. The van der Waals surface area contributed by atoms with E-state index >= 15 is 0 Å². The zero-order valence-corrected chi connectivity index (χ0v) is 11.0. The molecule has 0 radical (unpaired) electrons. The topological polar surface area (TPSA) is 29.3 Å². The van der Waals surface area contributed by atoms with E-state index in [0.717, 1.165) is 18.5 Å². The van der Waals surface area contributed by atoms with Gasteiger partial charge >= 0.3 is 0 Å². The molecule has 0 bridgehead atoms. The van der Waals surface area contributed by atoms with E-state index in [9.17, 15) is 4.39 Å².